The van der Waals surface area contributed by atoms with Gasteiger partial charge in [0.1, 0.15) is 0 Å². The van der Waals surface area contributed by atoms with Crippen LogP contribution in [0.2, 0.25) is 0 Å². The fourth-order valence-corrected chi connectivity index (χ4v) is 1.09. The van der Waals surface area contributed by atoms with E-state index >= 15 is 0 Å². The van der Waals surface area contributed by atoms with E-state index in [2.05, 4.69) is 0 Å². The van der Waals surface area contributed by atoms with Gasteiger partial charge in [-0.1, -0.05) is 0 Å². The molecule has 0 bridgehead atoms. The summed E-state index contributed by atoms with van der Waals surface area (Å²) in [7, 11) is 0. The second-order valence-electron chi connectivity index (χ2n) is 2.53. The van der Waals surface area contributed by atoms with E-state index in [1.807, 2.05) is 6.92 Å². The molecule has 0 aromatic carbocycles. The average molecular weight is 132 g/mol. The maximum Gasteiger partial charge on any atom is 0.157 e. The zero-order chi connectivity index (χ0) is 6.85. The summed E-state index contributed by atoms with van der Waals surface area (Å²) in [5, 5.41) is 17.9. The molecule has 9 heavy (non-hydrogen) atoms. The summed E-state index contributed by atoms with van der Waals surface area (Å²) < 4.78 is 4.95. The fraction of sp³-hybridized carbons (Fsp3) is 1.00. The quantitative estimate of drug-likeness (QED) is 0.482. The van der Waals surface area contributed by atoms with Crippen LogP contribution in [-0.4, -0.2) is 28.7 Å². The summed E-state index contributed by atoms with van der Waals surface area (Å²) in [6.07, 6.45) is -0.169. The van der Waals surface area contributed by atoms with Crippen LogP contribution in [0.3, 0.4) is 0 Å². The van der Waals surface area contributed by atoms with Gasteiger partial charge in [0.2, 0.25) is 0 Å². The van der Waals surface area contributed by atoms with Gasteiger partial charge in [0.05, 0.1) is 12.2 Å². The van der Waals surface area contributed by atoms with Crippen molar-refractivity contribution in [2.75, 3.05) is 0 Å². The lowest BCUT2D eigenvalue weighted by molar-refractivity contribution is -0.183. The molecule has 0 aromatic rings. The molecule has 1 fully saturated rings. The molecule has 0 aromatic heterocycles. The summed E-state index contributed by atoms with van der Waals surface area (Å²) in [4.78, 5) is 0. The zero-order valence-electron chi connectivity index (χ0n) is 5.45. The molecule has 0 radical (unpaired) electrons. The first kappa shape index (κ1) is 6.99. The van der Waals surface area contributed by atoms with Crippen molar-refractivity contribution in [3.8, 4) is 0 Å². The normalized spacial score (nSPS) is 45.0. The van der Waals surface area contributed by atoms with E-state index in [-0.39, 0.29) is 12.2 Å². The maximum absolute atomic E-state index is 9.01. The molecule has 0 saturated carbocycles. The van der Waals surface area contributed by atoms with Gasteiger partial charge in [-0.3, -0.25) is 0 Å². The minimum Gasteiger partial charge on any atom is -0.393 e. The van der Waals surface area contributed by atoms with Crippen molar-refractivity contribution in [2.45, 2.75) is 38.3 Å². The van der Waals surface area contributed by atoms with Gasteiger partial charge in [0.15, 0.2) is 6.29 Å². The molecule has 1 heterocycles. The summed E-state index contributed by atoms with van der Waals surface area (Å²) >= 11 is 0. The van der Waals surface area contributed by atoms with Crippen LogP contribution >= 0.6 is 0 Å². The lowest BCUT2D eigenvalue weighted by Crippen LogP contribution is -2.33. The van der Waals surface area contributed by atoms with Gasteiger partial charge >= 0.3 is 0 Å². The number of aliphatic hydroxyl groups is 2. The zero-order valence-corrected chi connectivity index (χ0v) is 5.45. The third-order valence-corrected chi connectivity index (χ3v) is 1.47. The highest BCUT2D eigenvalue weighted by molar-refractivity contribution is 4.68. The summed E-state index contributed by atoms with van der Waals surface area (Å²) in [5.41, 5.74) is 0. The van der Waals surface area contributed by atoms with Crippen LogP contribution in [0.4, 0.5) is 0 Å². The minimum atomic E-state index is -0.760. The van der Waals surface area contributed by atoms with Gasteiger partial charge in [-0.25, -0.2) is 0 Å². The van der Waals surface area contributed by atoms with Crippen molar-refractivity contribution in [3.05, 3.63) is 0 Å². The Bertz CT molecular complexity index is 69.3. The molecule has 3 nitrogen and oxygen atoms in total. The van der Waals surface area contributed by atoms with Crippen LogP contribution in [0.25, 0.3) is 0 Å². The van der Waals surface area contributed by atoms with Gasteiger partial charge in [-0.05, 0) is 13.3 Å². The van der Waals surface area contributed by atoms with E-state index in [0.717, 1.165) is 0 Å². The maximum atomic E-state index is 9.01. The third-order valence-electron chi connectivity index (χ3n) is 1.47. The van der Waals surface area contributed by atoms with E-state index < -0.39 is 6.29 Å². The van der Waals surface area contributed by atoms with E-state index in [1.165, 1.54) is 0 Å². The fourth-order valence-electron chi connectivity index (χ4n) is 1.09. The molecule has 1 aliphatic rings. The standard InChI is InChI=1S/C6H12O3/c1-4-2-5(7)3-6(8)9-4/h4-8H,2-3H2,1H3. The molecule has 1 saturated heterocycles. The minimum absolute atomic E-state index is 0.0104. The van der Waals surface area contributed by atoms with Gasteiger partial charge < -0.3 is 14.9 Å². The van der Waals surface area contributed by atoms with Crippen molar-refractivity contribution >= 4 is 0 Å². The molecule has 0 amide bonds. The molecule has 0 spiro atoms. The van der Waals surface area contributed by atoms with Gasteiger partial charge in [0.25, 0.3) is 0 Å². The Kier molecular flexibility index (Phi) is 2.05. The Morgan fingerprint density at radius 3 is 2.44 bits per heavy atom. The van der Waals surface area contributed by atoms with E-state index in [9.17, 15) is 0 Å². The van der Waals surface area contributed by atoms with Crippen LogP contribution in [0.5, 0.6) is 0 Å². The SMILES string of the molecule is CC1CC(O)CC(O)O1. The van der Waals surface area contributed by atoms with Crippen molar-refractivity contribution in [2.24, 2.45) is 0 Å². The smallest absolute Gasteiger partial charge is 0.157 e. The molecule has 54 valence electrons. The first-order chi connectivity index (χ1) is 4.18. The second kappa shape index (κ2) is 2.64. The molecule has 3 atom stereocenters. The molecule has 3 heteroatoms. The Labute approximate surface area is 54.3 Å². The molecular formula is C6H12O3. The lowest BCUT2D eigenvalue weighted by Gasteiger charge is -2.27. The summed E-state index contributed by atoms with van der Waals surface area (Å²) in [6, 6.07) is 0. The largest absolute Gasteiger partial charge is 0.393 e. The molecule has 0 aliphatic carbocycles. The first-order valence-electron chi connectivity index (χ1n) is 3.20. The van der Waals surface area contributed by atoms with Crippen LogP contribution in [0, 0.1) is 0 Å². The topological polar surface area (TPSA) is 49.7 Å². The number of hydrogen-bond acceptors (Lipinski definition) is 3. The highest BCUT2D eigenvalue weighted by atomic mass is 16.6. The number of aliphatic hydroxyl groups excluding tert-OH is 2. The average Bonchev–Trinajstić information content (AvgIpc) is 1.59. The van der Waals surface area contributed by atoms with Crippen LogP contribution in [0.1, 0.15) is 19.8 Å². The lowest BCUT2D eigenvalue weighted by atomic mass is 10.1. The highest BCUT2D eigenvalue weighted by Crippen LogP contribution is 2.16. The molecule has 1 aliphatic heterocycles. The van der Waals surface area contributed by atoms with Crippen LogP contribution < -0.4 is 0 Å². The molecule has 3 unspecified atom stereocenters. The van der Waals surface area contributed by atoms with Crippen LogP contribution in [0.15, 0.2) is 0 Å². The Hall–Kier alpha value is -0.120. The highest BCUT2D eigenvalue weighted by Gasteiger charge is 2.23. The predicted molar refractivity (Wildman–Crippen MR) is 31.8 cm³/mol. The molecule has 1 rings (SSSR count). The van der Waals surface area contributed by atoms with Crippen molar-refractivity contribution in [3.63, 3.8) is 0 Å². The monoisotopic (exact) mass is 132 g/mol. The van der Waals surface area contributed by atoms with Gasteiger partial charge in [-0.15, -0.1) is 0 Å². The molecule has 2 N–H and O–H groups in total. The van der Waals surface area contributed by atoms with Crippen molar-refractivity contribution in [1.82, 2.24) is 0 Å². The number of ether oxygens (including phenoxy) is 1. The number of rotatable bonds is 0. The summed E-state index contributed by atoms with van der Waals surface area (Å²) in [6.45, 7) is 1.84. The van der Waals surface area contributed by atoms with Crippen LogP contribution in [-0.2, 0) is 4.74 Å². The van der Waals surface area contributed by atoms with E-state index in [4.69, 9.17) is 14.9 Å². The van der Waals surface area contributed by atoms with Crippen molar-refractivity contribution < 1.29 is 14.9 Å². The Morgan fingerprint density at radius 1 is 1.33 bits per heavy atom. The molecular weight excluding hydrogens is 120 g/mol. The third kappa shape index (κ3) is 1.93. The van der Waals surface area contributed by atoms with E-state index in [1.54, 1.807) is 0 Å². The first-order valence-corrected chi connectivity index (χ1v) is 3.20. The second-order valence-corrected chi connectivity index (χ2v) is 2.53. The van der Waals surface area contributed by atoms with E-state index in [0.29, 0.717) is 12.8 Å². The van der Waals surface area contributed by atoms with Crippen molar-refractivity contribution in [1.29, 1.82) is 0 Å². The Balaban J connectivity index is 2.34. The predicted octanol–water partition coefficient (Wildman–Crippen LogP) is -0.135. The van der Waals surface area contributed by atoms with Gasteiger partial charge in [-0.2, -0.15) is 0 Å². The summed E-state index contributed by atoms with van der Waals surface area (Å²) in [5.74, 6) is 0. The number of hydrogen-bond donors (Lipinski definition) is 2. The Morgan fingerprint density at radius 2 is 2.00 bits per heavy atom. The van der Waals surface area contributed by atoms with Gasteiger partial charge in [0, 0.05) is 6.42 Å².